The van der Waals surface area contributed by atoms with E-state index in [0.717, 1.165) is 37.3 Å². The summed E-state index contributed by atoms with van der Waals surface area (Å²) in [7, 11) is 0. The number of furan rings is 1. The number of thioether (sulfide) groups is 1. The molecule has 2 fully saturated rings. The zero-order valence-electron chi connectivity index (χ0n) is 18.6. The number of anilines is 1. The minimum atomic E-state index is -0.282. The molecular formula is C26H25N3O4S. The minimum Gasteiger partial charge on any atom is -0.467 e. The third-order valence-electron chi connectivity index (χ3n) is 6.13. The van der Waals surface area contributed by atoms with Crippen molar-refractivity contribution in [1.29, 1.82) is 0 Å². The van der Waals surface area contributed by atoms with Crippen LogP contribution in [-0.2, 0) is 11.3 Å². The lowest BCUT2D eigenvalue weighted by Gasteiger charge is -2.23. The molecule has 2 aromatic carbocycles. The molecule has 34 heavy (non-hydrogen) atoms. The number of nitrogens with one attached hydrogen (secondary N) is 1. The summed E-state index contributed by atoms with van der Waals surface area (Å²) in [5, 5.41) is 2.77. The van der Waals surface area contributed by atoms with Crippen LogP contribution in [0.15, 0.2) is 71.3 Å². The van der Waals surface area contributed by atoms with Gasteiger partial charge in [-0.3, -0.25) is 14.4 Å². The second-order valence-corrected chi connectivity index (χ2v) is 9.45. The van der Waals surface area contributed by atoms with Gasteiger partial charge in [0.05, 0.1) is 29.8 Å². The van der Waals surface area contributed by atoms with Gasteiger partial charge in [0.1, 0.15) is 11.1 Å². The van der Waals surface area contributed by atoms with Crippen LogP contribution in [0.4, 0.5) is 5.69 Å². The number of amides is 3. The number of carbonyl (C=O) groups is 3. The van der Waals surface area contributed by atoms with Crippen molar-refractivity contribution in [2.75, 3.05) is 24.2 Å². The molecule has 3 amide bonds. The van der Waals surface area contributed by atoms with Crippen LogP contribution >= 0.6 is 11.8 Å². The van der Waals surface area contributed by atoms with Crippen LogP contribution in [0.5, 0.6) is 0 Å². The van der Waals surface area contributed by atoms with E-state index in [1.807, 2.05) is 35.2 Å². The van der Waals surface area contributed by atoms with Gasteiger partial charge in [-0.25, -0.2) is 0 Å². The van der Waals surface area contributed by atoms with Crippen LogP contribution in [0.25, 0.3) is 0 Å². The lowest BCUT2D eigenvalue weighted by molar-refractivity contribution is -0.128. The number of likely N-dealkylation sites (tertiary alicyclic amines) is 1. The molecule has 0 aliphatic carbocycles. The average molecular weight is 476 g/mol. The van der Waals surface area contributed by atoms with Gasteiger partial charge < -0.3 is 19.5 Å². The maximum Gasteiger partial charge on any atom is 0.255 e. The topological polar surface area (TPSA) is 82.9 Å². The standard InChI is InChI=1S/C26H25N3O4S/c30-23-17-34-26(29(23)16-20-6-5-15-33-20)19-11-9-18(10-12-19)24(31)27-22-8-2-1-7-21(22)25(32)28-13-3-4-14-28/h1-2,5-12,15,26H,3-4,13-14,16-17H2,(H,27,31). The van der Waals surface area contributed by atoms with Crippen LogP contribution in [0.3, 0.4) is 0 Å². The Bertz CT molecular complexity index is 1190. The number of nitrogens with zero attached hydrogens (tertiary/aromatic N) is 2. The van der Waals surface area contributed by atoms with Gasteiger partial charge in [0.25, 0.3) is 11.8 Å². The van der Waals surface area contributed by atoms with E-state index in [1.54, 1.807) is 53.3 Å². The van der Waals surface area contributed by atoms with Crippen molar-refractivity contribution in [1.82, 2.24) is 9.80 Å². The normalized spacial score (nSPS) is 17.9. The maximum absolute atomic E-state index is 13.0. The molecule has 2 aliphatic rings. The number of carbonyl (C=O) groups excluding carboxylic acids is 3. The van der Waals surface area contributed by atoms with Crippen molar-refractivity contribution in [3.63, 3.8) is 0 Å². The molecule has 0 radical (unpaired) electrons. The Morgan fingerprint density at radius 1 is 1.00 bits per heavy atom. The molecule has 1 atom stereocenters. The van der Waals surface area contributed by atoms with Crippen molar-refractivity contribution in [2.24, 2.45) is 0 Å². The number of rotatable bonds is 6. The van der Waals surface area contributed by atoms with E-state index in [2.05, 4.69) is 5.32 Å². The number of benzene rings is 2. The highest BCUT2D eigenvalue weighted by molar-refractivity contribution is 8.00. The van der Waals surface area contributed by atoms with Crippen molar-refractivity contribution in [3.05, 3.63) is 89.4 Å². The van der Waals surface area contributed by atoms with Crippen molar-refractivity contribution in [2.45, 2.75) is 24.8 Å². The first-order valence-electron chi connectivity index (χ1n) is 11.3. The highest BCUT2D eigenvalue weighted by atomic mass is 32.2. The van der Waals surface area contributed by atoms with Crippen LogP contribution in [0.1, 0.15) is 50.3 Å². The molecule has 1 aromatic heterocycles. The quantitative estimate of drug-likeness (QED) is 0.566. The Kier molecular flexibility index (Phi) is 6.40. The molecule has 174 valence electrons. The fourth-order valence-electron chi connectivity index (χ4n) is 4.33. The summed E-state index contributed by atoms with van der Waals surface area (Å²) in [6, 6.07) is 18.0. The molecule has 3 heterocycles. The molecule has 1 unspecified atom stereocenters. The minimum absolute atomic E-state index is 0.0525. The smallest absolute Gasteiger partial charge is 0.255 e. The highest BCUT2D eigenvalue weighted by Crippen LogP contribution is 2.39. The summed E-state index contributed by atoms with van der Waals surface area (Å²) in [5.74, 6) is 0.876. The first-order valence-corrected chi connectivity index (χ1v) is 12.4. The predicted molar refractivity (Wildman–Crippen MR) is 130 cm³/mol. The zero-order chi connectivity index (χ0) is 23.5. The number of para-hydroxylation sites is 1. The largest absolute Gasteiger partial charge is 0.467 e. The van der Waals surface area contributed by atoms with E-state index < -0.39 is 0 Å². The summed E-state index contributed by atoms with van der Waals surface area (Å²) in [6.45, 7) is 1.91. The van der Waals surface area contributed by atoms with Gasteiger partial charge in [0.15, 0.2) is 0 Å². The third kappa shape index (κ3) is 4.59. The van der Waals surface area contributed by atoms with Gasteiger partial charge >= 0.3 is 0 Å². The Morgan fingerprint density at radius 2 is 1.76 bits per heavy atom. The summed E-state index contributed by atoms with van der Waals surface area (Å²) in [6.07, 6.45) is 3.62. The van der Waals surface area contributed by atoms with E-state index in [1.165, 1.54) is 0 Å². The molecule has 2 saturated heterocycles. The summed E-state index contributed by atoms with van der Waals surface area (Å²) in [5.41, 5.74) is 2.45. The average Bonchev–Trinajstić information content (AvgIpc) is 3.63. The van der Waals surface area contributed by atoms with Crippen LogP contribution in [0, 0.1) is 0 Å². The molecule has 5 rings (SSSR count). The number of hydrogen-bond acceptors (Lipinski definition) is 5. The molecule has 1 N–H and O–H groups in total. The predicted octanol–water partition coefficient (Wildman–Crippen LogP) is 4.54. The third-order valence-corrected chi connectivity index (χ3v) is 7.39. The van der Waals surface area contributed by atoms with E-state index in [9.17, 15) is 14.4 Å². The van der Waals surface area contributed by atoms with Gasteiger partial charge in [-0.15, -0.1) is 11.8 Å². The van der Waals surface area contributed by atoms with Crippen LogP contribution in [0.2, 0.25) is 0 Å². The lowest BCUT2D eigenvalue weighted by atomic mass is 10.1. The summed E-state index contributed by atoms with van der Waals surface area (Å²) in [4.78, 5) is 41.9. The van der Waals surface area contributed by atoms with E-state index in [0.29, 0.717) is 29.1 Å². The fourth-order valence-corrected chi connectivity index (χ4v) is 5.52. The summed E-state index contributed by atoms with van der Waals surface area (Å²) >= 11 is 1.56. The van der Waals surface area contributed by atoms with Crippen molar-refractivity contribution >= 4 is 35.2 Å². The number of hydrogen-bond donors (Lipinski definition) is 1. The van der Waals surface area contributed by atoms with Gasteiger partial charge in [-0.05, 0) is 54.8 Å². The van der Waals surface area contributed by atoms with Crippen LogP contribution in [-0.4, -0.2) is 46.4 Å². The maximum atomic E-state index is 13.0. The SMILES string of the molecule is O=C(Nc1ccccc1C(=O)N1CCCC1)c1ccc(C2SCC(=O)N2Cc2ccco2)cc1. The van der Waals surface area contributed by atoms with Gasteiger partial charge in [-0.2, -0.15) is 0 Å². The van der Waals surface area contributed by atoms with Gasteiger partial charge in [-0.1, -0.05) is 24.3 Å². The van der Waals surface area contributed by atoms with E-state index in [4.69, 9.17) is 4.42 Å². The molecule has 2 aliphatic heterocycles. The highest BCUT2D eigenvalue weighted by Gasteiger charge is 2.33. The fraction of sp³-hybridized carbons (Fsp3) is 0.269. The van der Waals surface area contributed by atoms with Crippen molar-refractivity contribution in [3.8, 4) is 0 Å². The molecule has 7 nitrogen and oxygen atoms in total. The second kappa shape index (κ2) is 9.77. The van der Waals surface area contributed by atoms with Crippen molar-refractivity contribution < 1.29 is 18.8 Å². The molecule has 3 aromatic rings. The molecule has 8 heteroatoms. The Balaban J connectivity index is 1.29. The molecule has 0 bridgehead atoms. The van der Waals surface area contributed by atoms with Crippen LogP contribution < -0.4 is 5.32 Å². The zero-order valence-corrected chi connectivity index (χ0v) is 19.4. The Morgan fingerprint density at radius 3 is 2.50 bits per heavy atom. The van der Waals surface area contributed by atoms with E-state index in [-0.39, 0.29) is 23.1 Å². The molecular weight excluding hydrogens is 450 g/mol. The van der Waals surface area contributed by atoms with E-state index >= 15 is 0 Å². The monoisotopic (exact) mass is 475 g/mol. The van der Waals surface area contributed by atoms with Gasteiger partial charge in [0.2, 0.25) is 5.91 Å². The molecule has 0 spiro atoms. The lowest BCUT2D eigenvalue weighted by Crippen LogP contribution is -2.28. The van der Waals surface area contributed by atoms with Gasteiger partial charge in [0, 0.05) is 18.7 Å². The molecule has 0 saturated carbocycles. The summed E-state index contributed by atoms with van der Waals surface area (Å²) < 4.78 is 5.41. The Hall–Kier alpha value is -3.52. The first-order chi connectivity index (χ1) is 16.6. The Labute approximate surface area is 202 Å². The second-order valence-electron chi connectivity index (χ2n) is 8.39. The first kappa shape index (κ1) is 22.3.